The summed E-state index contributed by atoms with van der Waals surface area (Å²) in [4.78, 5) is 12.8. The molecule has 1 fully saturated rings. The first-order valence-corrected chi connectivity index (χ1v) is 10.7. The summed E-state index contributed by atoms with van der Waals surface area (Å²) in [6, 6.07) is 8.31. The Morgan fingerprint density at radius 2 is 1.93 bits per heavy atom. The molecule has 0 atom stereocenters. The summed E-state index contributed by atoms with van der Waals surface area (Å²) >= 11 is 0. The summed E-state index contributed by atoms with van der Waals surface area (Å²) in [6.07, 6.45) is 1.60. The number of amides is 1. The number of carbonyl (C=O) groups excluding carboxylic acids is 1. The number of carbonyl (C=O) groups is 1. The van der Waals surface area contributed by atoms with Gasteiger partial charge in [-0.1, -0.05) is 6.07 Å². The number of nitrogens with zero attached hydrogens (tertiary/aromatic N) is 4. The SMILES string of the molecule is Cc1ccc(S(=O)(=O)NC2CC2)cc1C(=O)Nc1cc(-n2nnnc2C)ccc1F. The van der Waals surface area contributed by atoms with Gasteiger partial charge in [0.1, 0.15) is 5.82 Å². The molecular weight excluding hydrogens is 411 g/mol. The molecule has 0 unspecified atom stereocenters. The van der Waals surface area contributed by atoms with E-state index < -0.39 is 21.7 Å². The highest BCUT2D eigenvalue weighted by Crippen LogP contribution is 2.24. The lowest BCUT2D eigenvalue weighted by Crippen LogP contribution is -2.26. The minimum atomic E-state index is -3.72. The first-order chi connectivity index (χ1) is 14.2. The zero-order valence-electron chi connectivity index (χ0n) is 16.3. The van der Waals surface area contributed by atoms with Crippen molar-refractivity contribution in [2.24, 2.45) is 0 Å². The van der Waals surface area contributed by atoms with E-state index in [1.165, 1.54) is 35.0 Å². The highest BCUT2D eigenvalue weighted by molar-refractivity contribution is 7.89. The molecule has 156 valence electrons. The molecule has 1 aliphatic rings. The van der Waals surface area contributed by atoms with E-state index in [4.69, 9.17) is 0 Å². The van der Waals surface area contributed by atoms with Crippen molar-refractivity contribution in [3.05, 3.63) is 59.2 Å². The zero-order valence-corrected chi connectivity index (χ0v) is 17.1. The van der Waals surface area contributed by atoms with Crippen LogP contribution in [0.15, 0.2) is 41.3 Å². The van der Waals surface area contributed by atoms with Crippen LogP contribution in [0.5, 0.6) is 0 Å². The first-order valence-electron chi connectivity index (χ1n) is 9.24. The lowest BCUT2D eigenvalue weighted by molar-refractivity contribution is 0.102. The van der Waals surface area contributed by atoms with Gasteiger partial charge in [0.05, 0.1) is 16.3 Å². The van der Waals surface area contributed by atoms with Gasteiger partial charge in [-0.05, 0) is 73.0 Å². The second-order valence-electron chi connectivity index (χ2n) is 7.13. The first kappa shape index (κ1) is 20.1. The lowest BCUT2D eigenvalue weighted by Gasteiger charge is -2.12. The van der Waals surface area contributed by atoms with E-state index in [1.807, 2.05) is 0 Å². The van der Waals surface area contributed by atoms with E-state index in [2.05, 4.69) is 25.6 Å². The van der Waals surface area contributed by atoms with Gasteiger partial charge in [0.25, 0.3) is 5.91 Å². The molecule has 1 heterocycles. The molecular formula is C19H19FN6O3S. The molecule has 3 aromatic rings. The van der Waals surface area contributed by atoms with E-state index in [0.717, 1.165) is 12.8 Å². The van der Waals surface area contributed by atoms with Gasteiger partial charge in [-0.2, -0.15) is 4.68 Å². The number of aryl methyl sites for hydroxylation is 2. The van der Waals surface area contributed by atoms with Crippen LogP contribution in [0.25, 0.3) is 5.69 Å². The molecule has 1 aliphatic carbocycles. The van der Waals surface area contributed by atoms with Gasteiger partial charge >= 0.3 is 0 Å². The fourth-order valence-electron chi connectivity index (χ4n) is 2.90. The highest BCUT2D eigenvalue weighted by Gasteiger charge is 2.28. The number of anilines is 1. The normalized spacial score (nSPS) is 14.0. The van der Waals surface area contributed by atoms with Gasteiger partial charge in [0, 0.05) is 11.6 Å². The maximum atomic E-state index is 14.3. The standard InChI is InChI=1S/C19H19FN6O3S/c1-11-3-7-15(30(28,29)23-13-4-5-13)10-16(11)19(27)21-18-9-14(6-8-17(18)20)26-12(2)22-24-25-26/h3,6-10,13,23H,4-5H2,1-2H3,(H,21,27). The Morgan fingerprint density at radius 3 is 2.60 bits per heavy atom. The maximum Gasteiger partial charge on any atom is 0.256 e. The summed E-state index contributed by atoms with van der Waals surface area (Å²) in [5, 5.41) is 13.7. The quantitative estimate of drug-likeness (QED) is 0.618. The van der Waals surface area contributed by atoms with Crippen molar-refractivity contribution in [1.82, 2.24) is 24.9 Å². The molecule has 1 amide bonds. The van der Waals surface area contributed by atoms with Crippen LogP contribution in [0.4, 0.5) is 10.1 Å². The van der Waals surface area contributed by atoms with Crippen LogP contribution in [0, 0.1) is 19.7 Å². The second kappa shape index (κ2) is 7.58. The average molecular weight is 430 g/mol. The van der Waals surface area contributed by atoms with Crippen molar-refractivity contribution in [2.45, 2.75) is 37.6 Å². The summed E-state index contributed by atoms with van der Waals surface area (Å²) < 4.78 is 43.2. The number of tetrazole rings is 1. The van der Waals surface area contributed by atoms with E-state index in [1.54, 1.807) is 19.9 Å². The minimum absolute atomic E-state index is 0.0105. The Bertz CT molecular complexity index is 1240. The summed E-state index contributed by atoms with van der Waals surface area (Å²) in [7, 11) is -3.72. The Kier molecular flexibility index (Phi) is 5.08. The number of aromatic nitrogens is 4. The molecule has 2 N–H and O–H groups in total. The third kappa shape index (κ3) is 4.07. The molecule has 0 radical (unpaired) electrons. The maximum absolute atomic E-state index is 14.3. The largest absolute Gasteiger partial charge is 0.319 e. The summed E-state index contributed by atoms with van der Waals surface area (Å²) in [5.74, 6) is -0.772. The lowest BCUT2D eigenvalue weighted by atomic mass is 10.1. The van der Waals surface area contributed by atoms with Crippen molar-refractivity contribution in [3.63, 3.8) is 0 Å². The number of benzene rings is 2. The monoisotopic (exact) mass is 430 g/mol. The van der Waals surface area contributed by atoms with E-state index >= 15 is 0 Å². The third-order valence-electron chi connectivity index (χ3n) is 4.73. The van der Waals surface area contributed by atoms with Crippen LogP contribution in [0.1, 0.15) is 34.6 Å². The number of nitrogens with one attached hydrogen (secondary N) is 2. The molecule has 0 saturated heterocycles. The van der Waals surface area contributed by atoms with Gasteiger partial charge in [-0.15, -0.1) is 5.10 Å². The summed E-state index contributed by atoms with van der Waals surface area (Å²) in [6.45, 7) is 3.36. The molecule has 0 bridgehead atoms. The smallest absolute Gasteiger partial charge is 0.256 e. The van der Waals surface area contributed by atoms with E-state index in [-0.39, 0.29) is 22.2 Å². The number of rotatable bonds is 6. The predicted octanol–water partition coefficient (Wildman–Crippen LogP) is 2.11. The molecule has 0 aliphatic heterocycles. The van der Waals surface area contributed by atoms with E-state index in [0.29, 0.717) is 17.1 Å². The molecule has 4 rings (SSSR count). The van der Waals surface area contributed by atoms with Crippen LogP contribution >= 0.6 is 0 Å². The van der Waals surface area contributed by atoms with Gasteiger partial charge in [0.15, 0.2) is 5.82 Å². The topological polar surface area (TPSA) is 119 Å². The van der Waals surface area contributed by atoms with Gasteiger partial charge in [-0.25, -0.2) is 17.5 Å². The molecule has 2 aromatic carbocycles. The number of hydrogen-bond donors (Lipinski definition) is 2. The van der Waals surface area contributed by atoms with Crippen molar-refractivity contribution < 1.29 is 17.6 Å². The van der Waals surface area contributed by atoms with Crippen molar-refractivity contribution in [2.75, 3.05) is 5.32 Å². The molecule has 1 aromatic heterocycles. The van der Waals surface area contributed by atoms with Crippen molar-refractivity contribution >= 4 is 21.6 Å². The Hall–Kier alpha value is -3.18. The Morgan fingerprint density at radius 1 is 1.17 bits per heavy atom. The molecule has 30 heavy (non-hydrogen) atoms. The number of hydrogen-bond acceptors (Lipinski definition) is 6. The fourth-order valence-corrected chi connectivity index (χ4v) is 4.23. The number of halogens is 1. The van der Waals surface area contributed by atoms with Crippen LogP contribution in [-0.4, -0.2) is 40.6 Å². The van der Waals surface area contributed by atoms with Gasteiger partial charge in [-0.3, -0.25) is 4.79 Å². The summed E-state index contributed by atoms with van der Waals surface area (Å²) in [5.41, 5.74) is 1.09. The molecule has 9 nitrogen and oxygen atoms in total. The van der Waals surface area contributed by atoms with Crippen molar-refractivity contribution in [3.8, 4) is 5.69 Å². The highest BCUT2D eigenvalue weighted by atomic mass is 32.2. The number of sulfonamides is 1. The minimum Gasteiger partial charge on any atom is -0.319 e. The fraction of sp³-hybridized carbons (Fsp3) is 0.263. The molecule has 11 heteroatoms. The second-order valence-corrected chi connectivity index (χ2v) is 8.84. The molecule has 1 saturated carbocycles. The average Bonchev–Trinajstić information content (AvgIpc) is 3.40. The van der Waals surface area contributed by atoms with Crippen molar-refractivity contribution in [1.29, 1.82) is 0 Å². The van der Waals surface area contributed by atoms with Crippen LogP contribution in [0.2, 0.25) is 0 Å². The van der Waals surface area contributed by atoms with Crippen LogP contribution < -0.4 is 10.0 Å². The van der Waals surface area contributed by atoms with Gasteiger partial charge in [0.2, 0.25) is 10.0 Å². The van der Waals surface area contributed by atoms with Gasteiger partial charge < -0.3 is 5.32 Å². The third-order valence-corrected chi connectivity index (χ3v) is 6.25. The Balaban J connectivity index is 1.63. The zero-order chi connectivity index (χ0) is 21.5. The van der Waals surface area contributed by atoms with Crippen LogP contribution in [0.3, 0.4) is 0 Å². The van der Waals surface area contributed by atoms with E-state index in [9.17, 15) is 17.6 Å². The Labute approximate surface area is 172 Å². The predicted molar refractivity (Wildman–Crippen MR) is 106 cm³/mol. The molecule has 0 spiro atoms. The van der Waals surface area contributed by atoms with Crippen LogP contribution in [-0.2, 0) is 10.0 Å².